The van der Waals surface area contributed by atoms with Crippen molar-refractivity contribution >= 4 is 11.8 Å². The zero-order valence-electron chi connectivity index (χ0n) is 16.1. The molecule has 1 N–H and O–H groups in total. The molecule has 0 bridgehead atoms. The molecular formula is C22H25N3O3. The summed E-state index contributed by atoms with van der Waals surface area (Å²) in [5.74, 6) is 0.839. The molecule has 2 atom stereocenters. The van der Waals surface area contributed by atoms with Crippen LogP contribution in [-0.4, -0.2) is 47.9 Å². The number of carbonyl (C=O) groups is 2. The van der Waals surface area contributed by atoms with Crippen LogP contribution in [0.1, 0.15) is 30.5 Å². The van der Waals surface area contributed by atoms with Gasteiger partial charge < -0.3 is 15.0 Å². The number of rotatable bonds is 6. The van der Waals surface area contributed by atoms with E-state index in [4.69, 9.17) is 4.74 Å². The van der Waals surface area contributed by atoms with Gasteiger partial charge in [0.1, 0.15) is 5.75 Å². The number of aromatic nitrogens is 1. The van der Waals surface area contributed by atoms with Gasteiger partial charge in [0.2, 0.25) is 11.8 Å². The summed E-state index contributed by atoms with van der Waals surface area (Å²) in [6, 6.07) is 13.6. The highest BCUT2D eigenvalue weighted by atomic mass is 16.5. The number of pyridine rings is 1. The van der Waals surface area contributed by atoms with Crippen molar-refractivity contribution in [1.82, 2.24) is 15.2 Å². The van der Waals surface area contributed by atoms with Crippen molar-refractivity contribution in [2.24, 2.45) is 0 Å². The Bertz CT molecular complexity index is 870. The molecule has 1 aromatic heterocycles. The van der Waals surface area contributed by atoms with Crippen LogP contribution in [0.3, 0.4) is 0 Å². The number of ether oxygens (including phenoxy) is 1. The van der Waals surface area contributed by atoms with Crippen LogP contribution in [0.2, 0.25) is 0 Å². The molecule has 6 heteroatoms. The lowest BCUT2D eigenvalue weighted by atomic mass is 9.76. The Balaban J connectivity index is 1.56. The molecule has 28 heavy (non-hydrogen) atoms. The van der Waals surface area contributed by atoms with Gasteiger partial charge in [-0.2, -0.15) is 0 Å². The third-order valence-electron chi connectivity index (χ3n) is 5.93. The van der Waals surface area contributed by atoms with Crippen LogP contribution in [0.5, 0.6) is 5.75 Å². The molecule has 0 spiro atoms. The summed E-state index contributed by atoms with van der Waals surface area (Å²) in [7, 11) is 1.62. The third kappa shape index (κ3) is 3.35. The molecule has 2 amide bonds. The van der Waals surface area contributed by atoms with Gasteiger partial charge in [-0.1, -0.05) is 18.2 Å². The first-order valence-corrected chi connectivity index (χ1v) is 9.74. The van der Waals surface area contributed by atoms with Crippen molar-refractivity contribution in [3.63, 3.8) is 0 Å². The van der Waals surface area contributed by atoms with Gasteiger partial charge in [0.05, 0.1) is 12.5 Å². The SMILES string of the molecule is COc1cccc([C@]2(C(=O)NCCc3ccccn3)C[C@@H]3CCC(=O)N3C2)c1. The van der Waals surface area contributed by atoms with Crippen molar-refractivity contribution in [3.05, 3.63) is 59.9 Å². The number of carbonyl (C=O) groups excluding carboxylic acids is 2. The molecule has 4 rings (SSSR count). The fourth-order valence-electron chi connectivity index (χ4n) is 4.43. The minimum Gasteiger partial charge on any atom is -0.497 e. The fraction of sp³-hybridized carbons (Fsp3) is 0.409. The van der Waals surface area contributed by atoms with E-state index in [1.54, 1.807) is 13.3 Å². The zero-order chi connectivity index (χ0) is 19.6. The third-order valence-corrected chi connectivity index (χ3v) is 5.93. The fourth-order valence-corrected chi connectivity index (χ4v) is 4.43. The van der Waals surface area contributed by atoms with E-state index in [9.17, 15) is 9.59 Å². The molecule has 0 unspecified atom stereocenters. The molecule has 2 saturated heterocycles. The molecule has 1 aromatic carbocycles. The smallest absolute Gasteiger partial charge is 0.232 e. The number of hydrogen-bond donors (Lipinski definition) is 1. The second-order valence-electron chi connectivity index (χ2n) is 7.56. The van der Waals surface area contributed by atoms with Gasteiger partial charge in [-0.15, -0.1) is 0 Å². The quantitative estimate of drug-likeness (QED) is 0.834. The number of nitrogens with one attached hydrogen (secondary N) is 1. The van der Waals surface area contributed by atoms with Crippen molar-refractivity contribution in [3.8, 4) is 5.75 Å². The average molecular weight is 379 g/mol. The van der Waals surface area contributed by atoms with Gasteiger partial charge in [-0.25, -0.2) is 0 Å². The van der Waals surface area contributed by atoms with Crippen LogP contribution in [0.15, 0.2) is 48.7 Å². The maximum absolute atomic E-state index is 13.4. The summed E-state index contributed by atoms with van der Waals surface area (Å²) in [6.07, 6.45) is 4.49. The van der Waals surface area contributed by atoms with Gasteiger partial charge in [-0.3, -0.25) is 14.6 Å². The number of benzene rings is 1. The summed E-state index contributed by atoms with van der Waals surface area (Å²) >= 11 is 0. The summed E-state index contributed by atoms with van der Waals surface area (Å²) in [5.41, 5.74) is 1.11. The van der Waals surface area contributed by atoms with Gasteiger partial charge in [0.25, 0.3) is 0 Å². The molecule has 0 saturated carbocycles. The molecule has 0 aliphatic carbocycles. The standard InChI is InChI=1S/C22H25N3O3/c1-28-19-7-4-5-16(13-19)22(14-18-8-9-20(26)25(18)15-22)21(27)24-12-10-17-6-2-3-11-23-17/h2-7,11,13,18H,8-10,12,14-15H2,1H3,(H,24,27)/t18-,22-/m0/s1. The van der Waals surface area contributed by atoms with Crippen LogP contribution in [0.4, 0.5) is 0 Å². The van der Waals surface area contributed by atoms with Gasteiger partial charge in [-0.05, 0) is 42.7 Å². The van der Waals surface area contributed by atoms with Crippen molar-refractivity contribution < 1.29 is 14.3 Å². The lowest BCUT2D eigenvalue weighted by Gasteiger charge is -2.29. The van der Waals surface area contributed by atoms with Crippen molar-refractivity contribution in [2.75, 3.05) is 20.2 Å². The number of fused-ring (bicyclic) bond motifs is 1. The molecule has 2 aliphatic heterocycles. The normalized spacial score (nSPS) is 23.5. The largest absolute Gasteiger partial charge is 0.497 e. The Hall–Kier alpha value is -2.89. The Morgan fingerprint density at radius 1 is 1.32 bits per heavy atom. The number of amides is 2. The molecule has 6 nitrogen and oxygen atoms in total. The molecule has 146 valence electrons. The van der Waals surface area contributed by atoms with E-state index in [0.717, 1.165) is 23.4 Å². The molecule has 0 radical (unpaired) electrons. The first kappa shape index (κ1) is 18.5. The van der Waals surface area contributed by atoms with E-state index in [2.05, 4.69) is 10.3 Å². The van der Waals surface area contributed by atoms with Crippen LogP contribution in [0, 0.1) is 0 Å². The van der Waals surface area contributed by atoms with E-state index in [1.165, 1.54) is 0 Å². The topological polar surface area (TPSA) is 71.5 Å². The maximum atomic E-state index is 13.4. The van der Waals surface area contributed by atoms with Crippen molar-refractivity contribution in [1.29, 1.82) is 0 Å². The summed E-state index contributed by atoms with van der Waals surface area (Å²) < 4.78 is 5.37. The summed E-state index contributed by atoms with van der Waals surface area (Å²) in [6.45, 7) is 0.944. The number of nitrogens with zero attached hydrogens (tertiary/aromatic N) is 2. The van der Waals surface area contributed by atoms with Crippen LogP contribution in [0.25, 0.3) is 0 Å². The predicted molar refractivity (Wildman–Crippen MR) is 105 cm³/mol. The molecule has 3 heterocycles. The maximum Gasteiger partial charge on any atom is 0.232 e. The Morgan fingerprint density at radius 2 is 2.21 bits per heavy atom. The Kier molecular flexibility index (Phi) is 5.03. The predicted octanol–water partition coefficient (Wildman–Crippen LogP) is 2.08. The van der Waals surface area contributed by atoms with Gasteiger partial charge in [0, 0.05) is 43.9 Å². The first-order valence-electron chi connectivity index (χ1n) is 9.74. The molecule has 2 aliphatic rings. The lowest BCUT2D eigenvalue weighted by molar-refractivity contribution is -0.129. The van der Waals surface area contributed by atoms with E-state index in [-0.39, 0.29) is 17.9 Å². The molecule has 2 aromatic rings. The molecule has 2 fully saturated rings. The van der Waals surface area contributed by atoms with Gasteiger partial charge >= 0.3 is 0 Å². The highest BCUT2D eigenvalue weighted by Gasteiger charge is 2.53. The van der Waals surface area contributed by atoms with Crippen LogP contribution >= 0.6 is 0 Å². The minimum absolute atomic E-state index is 0.0288. The summed E-state index contributed by atoms with van der Waals surface area (Å²) in [4.78, 5) is 31.9. The first-order chi connectivity index (χ1) is 13.6. The van der Waals surface area contributed by atoms with Gasteiger partial charge in [0.15, 0.2) is 0 Å². The monoisotopic (exact) mass is 379 g/mol. The van der Waals surface area contributed by atoms with E-state index in [0.29, 0.717) is 32.4 Å². The Morgan fingerprint density at radius 3 is 2.96 bits per heavy atom. The lowest BCUT2D eigenvalue weighted by Crippen LogP contribution is -2.47. The second-order valence-corrected chi connectivity index (χ2v) is 7.56. The Labute approximate surface area is 164 Å². The average Bonchev–Trinajstić information content (AvgIpc) is 3.28. The highest BCUT2D eigenvalue weighted by molar-refractivity contribution is 5.91. The number of hydrogen-bond acceptors (Lipinski definition) is 4. The minimum atomic E-state index is -0.737. The van der Waals surface area contributed by atoms with Crippen LogP contribution < -0.4 is 10.1 Å². The van der Waals surface area contributed by atoms with Crippen molar-refractivity contribution in [2.45, 2.75) is 37.1 Å². The van der Waals surface area contributed by atoms with E-state index >= 15 is 0 Å². The molecular weight excluding hydrogens is 354 g/mol. The highest BCUT2D eigenvalue weighted by Crippen LogP contribution is 2.43. The van der Waals surface area contributed by atoms with E-state index in [1.807, 2.05) is 47.4 Å². The van der Waals surface area contributed by atoms with E-state index < -0.39 is 5.41 Å². The zero-order valence-corrected chi connectivity index (χ0v) is 16.1. The number of methoxy groups -OCH3 is 1. The van der Waals surface area contributed by atoms with Crippen LogP contribution in [-0.2, 0) is 21.4 Å². The summed E-state index contributed by atoms with van der Waals surface area (Å²) in [5, 5.41) is 3.10. The second kappa shape index (κ2) is 7.62.